The number of hydrogen-bond acceptors (Lipinski definition) is 4. The van der Waals surface area contributed by atoms with Gasteiger partial charge in [0, 0.05) is 5.38 Å². The summed E-state index contributed by atoms with van der Waals surface area (Å²) in [5.41, 5.74) is 4.08. The van der Waals surface area contributed by atoms with Crippen molar-refractivity contribution in [2.45, 2.75) is 45.3 Å². The number of nitrogens with zero attached hydrogens (tertiary/aromatic N) is 1. The molecule has 1 heterocycles. The molecule has 3 nitrogen and oxygen atoms in total. The van der Waals surface area contributed by atoms with Crippen LogP contribution >= 0.6 is 11.3 Å². The molecule has 0 atom stereocenters. The van der Waals surface area contributed by atoms with E-state index in [0.29, 0.717) is 6.10 Å². The molecular formula is C10H16N2OS. The highest BCUT2D eigenvalue weighted by atomic mass is 32.1. The van der Waals surface area contributed by atoms with E-state index in [4.69, 9.17) is 4.84 Å². The Labute approximate surface area is 88.5 Å². The summed E-state index contributed by atoms with van der Waals surface area (Å²) in [5, 5.41) is 3.18. The van der Waals surface area contributed by atoms with Crippen molar-refractivity contribution in [2.24, 2.45) is 0 Å². The number of nitrogens with one attached hydrogen (secondary N) is 1. The number of aryl methyl sites for hydroxylation is 1. The quantitative estimate of drug-likeness (QED) is 0.778. The summed E-state index contributed by atoms with van der Waals surface area (Å²) in [5.74, 6) is 0. The molecule has 1 saturated carbocycles. The molecule has 14 heavy (non-hydrogen) atoms. The molecule has 0 saturated heterocycles. The van der Waals surface area contributed by atoms with Gasteiger partial charge in [-0.05, 0) is 19.8 Å². The van der Waals surface area contributed by atoms with Gasteiger partial charge in [-0.3, -0.25) is 4.84 Å². The van der Waals surface area contributed by atoms with Crippen molar-refractivity contribution in [3.8, 4) is 0 Å². The van der Waals surface area contributed by atoms with Gasteiger partial charge < -0.3 is 0 Å². The lowest BCUT2D eigenvalue weighted by Gasteiger charge is -2.10. The number of hydrogen-bond donors (Lipinski definition) is 1. The first kappa shape index (κ1) is 10.1. The van der Waals surface area contributed by atoms with Crippen molar-refractivity contribution in [1.82, 2.24) is 10.5 Å². The van der Waals surface area contributed by atoms with Crippen molar-refractivity contribution in [3.63, 3.8) is 0 Å². The van der Waals surface area contributed by atoms with Gasteiger partial charge in [0.1, 0.15) is 0 Å². The van der Waals surface area contributed by atoms with Crippen LogP contribution in [-0.4, -0.2) is 11.1 Å². The molecule has 0 radical (unpaired) electrons. The van der Waals surface area contributed by atoms with Crippen LogP contribution in [0.2, 0.25) is 0 Å². The number of rotatable bonds is 4. The minimum atomic E-state index is 0.426. The molecule has 1 N–H and O–H groups in total. The van der Waals surface area contributed by atoms with E-state index in [-0.39, 0.29) is 0 Å². The Morgan fingerprint density at radius 2 is 2.36 bits per heavy atom. The van der Waals surface area contributed by atoms with E-state index in [9.17, 15) is 0 Å². The molecule has 4 heteroatoms. The van der Waals surface area contributed by atoms with Gasteiger partial charge in [0.25, 0.3) is 0 Å². The van der Waals surface area contributed by atoms with Gasteiger partial charge in [-0.2, -0.15) is 5.48 Å². The maximum Gasteiger partial charge on any atom is 0.0897 e. The fourth-order valence-electron chi connectivity index (χ4n) is 1.73. The zero-order valence-electron chi connectivity index (χ0n) is 8.45. The first-order valence-electron chi connectivity index (χ1n) is 5.14. The van der Waals surface area contributed by atoms with Crippen molar-refractivity contribution in [3.05, 3.63) is 16.1 Å². The summed E-state index contributed by atoms with van der Waals surface area (Å²) in [4.78, 5) is 9.88. The van der Waals surface area contributed by atoms with Gasteiger partial charge in [-0.15, -0.1) is 11.3 Å². The predicted molar refractivity (Wildman–Crippen MR) is 57.0 cm³/mol. The third-order valence-electron chi connectivity index (χ3n) is 2.47. The second-order valence-electron chi connectivity index (χ2n) is 3.70. The zero-order valence-corrected chi connectivity index (χ0v) is 9.27. The minimum absolute atomic E-state index is 0.426. The number of hydroxylamine groups is 1. The summed E-state index contributed by atoms with van der Waals surface area (Å²) in [6.07, 6.45) is 5.44. The Morgan fingerprint density at radius 1 is 1.57 bits per heavy atom. The summed E-state index contributed by atoms with van der Waals surface area (Å²) in [7, 11) is 0. The van der Waals surface area contributed by atoms with E-state index in [1.165, 1.54) is 25.7 Å². The molecule has 78 valence electrons. The highest BCUT2D eigenvalue weighted by molar-refractivity contribution is 7.09. The Morgan fingerprint density at radius 3 is 3.00 bits per heavy atom. The van der Waals surface area contributed by atoms with Gasteiger partial charge in [-0.1, -0.05) is 12.8 Å². The predicted octanol–water partition coefficient (Wildman–Crippen LogP) is 2.42. The standard InChI is InChI=1S/C10H16N2OS/c1-8-12-9(7-14-8)6-11-13-10-4-2-3-5-10/h7,10-11H,2-6H2,1H3. The highest BCUT2D eigenvalue weighted by Crippen LogP contribution is 2.20. The van der Waals surface area contributed by atoms with Gasteiger partial charge in [0.2, 0.25) is 0 Å². The van der Waals surface area contributed by atoms with Crippen LogP contribution < -0.4 is 5.48 Å². The van der Waals surface area contributed by atoms with Crippen molar-refractivity contribution in [2.75, 3.05) is 0 Å². The highest BCUT2D eigenvalue weighted by Gasteiger charge is 2.15. The lowest BCUT2D eigenvalue weighted by atomic mass is 10.3. The maximum atomic E-state index is 5.53. The van der Waals surface area contributed by atoms with Crippen LogP contribution in [0.4, 0.5) is 0 Å². The van der Waals surface area contributed by atoms with Crippen LogP contribution in [-0.2, 0) is 11.4 Å². The first-order valence-corrected chi connectivity index (χ1v) is 6.02. The summed E-state index contributed by atoms with van der Waals surface area (Å²) >= 11 is 1.68. The monoisotopic (exact) mass is 212 g/mol. The number of thiazole rings is 1. The minimum Gasteiger partial charge on any atom is -0.298 e. The van der Waals surface area contributed by atoms with Gasteiger partial charge >= 0.3 is 0 Å². The molecule has 0 amide bonds. The van der Waals surface area contributed by atoms with Crippen molar-refractivity contribution < 1.29 is 4.84 Å². The van der Waals surface area contributed by atoms with Crippen LogP contribution in [0.15, 0.2) is 5.38 Å². The average molecular weight is 212 g/mol. The molecular weight excluding hydrogens is 196 g/mol. The smallest absolute Gasteiger partial charge is 0.0897 e. The molecule has 0 bridgehead atoms. The van der Waals surface area contributed by atoms with Crippen LogP contribution in [0, 0.1) is 6.92 Å². The zero-order chi connectivity index (χ0) is 9.80. The third-order valence-corrected chi connectivity index (χ3v) is 3.29. The molecule has 0 aromatic carbocycles. The Hall–Kier alpha value is -0.450. The van der Waals surface area contributed by atoms with Crippen molar-refractivity contribution >= 4 is 11.3 Å². The maximum absolute atomic E-state index is 5.53. The Bertz CT molecular complexity index is 281. The first-order chi connectivity index (χ1) is 6.84. The Balaban J connectivity index is 1.67. The van der Waals surface area contributed by atoms with Crippen LogP contribution in [0.5, 0.6) is 0 Å². The molecule has 1 aliphatic rings. The second kappa shape index (κ2) is 4.87. The van der Waals surface area contributed by atoms with E-state index in [2.05, 4.69) is 15.8 Å². The largest absolute Gasteiger partial charge is 0.298 e. The van der Waals surface area contributed by atoms with E-state index >= 15 is 0 Å². The fraction of sp³-hybridized carbons (Fsp3) is 0.700. The molecule has 0 aliphatic heterocycles. The van der Waals surface area contributed by atoms with E-state index in [0.717, 1.165) is 17.2 Å². The lowest BCUT2D eigenvalue weighted by Crippen LogP contribution is -2.21. The molecule has 1 fully saturated rings. The molecule has 1 aromatic rings. The van der Waals surface area contributed by atoms with Crippen LogP contribution in [0.3, 0.4) is 0 Å². The topological polar surface area (TPSA) is 34.2 Å². The summed E-state index contributed by atoms with van der Waals surface area (Å²) < 4.78 is 0. The van der Waals surface area contributed by atoms with Crippen LogP contribution in [0.25, 0.3) is 0 Å². The summed E-state index contributed by atoms with van der Waals surface area (Å²) in [6, 6.07) is 0. The molecule has 1 aliphatic carbocycles. The normalized spacial score (nSPS) is 17.8. The summed E-state index contributed by atoms with van der Waals surface area (Å²) in [6.45, 7) is 2.74. The lowest BCUT2D eigenvalue weighted by molar-refractivity contribution is -0.0248. The molecule has 0 spiro atoms. The van der Waals surface area contributed by atoms with Gasteiger partial charge in [0.05, 0.1) is 23.4 Å². The fourth-order valence-corrected chi connectivity index (χ4v) is 2.34. The van der Waals surface area contributed by atoms with Crippen molar-refractivity contribution in [1.29, 1.82) is 0 Å². The van der Waals surface area contributed by atoms with Crippen LogP contribution in [0.1, 0.15) is 36.4 Å². The van der Waals surface area contributed by atoms with E-state index in [1.54, 1.807) is 11.3 Å². The molecule has 0 unspecified atom stereocenters. The third kappa shape index (κ3) is 2.77. The molecule has 2 rings (SSSR count). The van der Waals surface area contributed by atoms with E-state index in [1.807, 2.05) is 6.92 Å². The number of aromatic nitrogens is 1. The van der Waals surface area contributed by atoms with Gasteiger partial charge in [-0.25, -0.2) is 4.98 Å². The Kier molecular flexibility index (Phi) is 3.50. The average Bonchev–Trinajstić information content (AvgIpc) is 2.77. The SMILES string of the molecule is Cc1nc(CNOC2CCCC2)cs1. The second-order valence-corrected chi connectivity index (χ2v) is 4.77. The van der Waals surface area contributed by atoms with E-state index < -0.39 is 0 Å². The van der Waals surface area contributed by atoms with Gasteiger partial charge in [0.15, 0.2) is 0 Å². The molecule has 1 aromatic heterocycles.